The minimum absolute atomic E-state index is 0.176. The van der Waals surface area contributed by atoms with E-state index >= 15 is 0 Å². The Morgan fingerprint density at radius 3 is 2.13 bits per heavy atom. The van der Waals surface area contributed by atoms with Crippen LogP contribution >= 0.6 is 0 Å². The van der Waals surface area contributed by atoms with Crippen LogP contribution in [0.5, 0.6) is 0 Å². The summed E-state index contributed by atoms with van der Waals surface area (Å²) in [7, 11) is 0. The number of aryl methyl sites for hydroxylation is 1. The number of oxime groups is 1. The number of hydrogen-bond acceptors (Lipinski definition) is 4. The number of benzene rings is 2. The zero-order valence-electron chi connectivity index (χ0n) is 16.3. The van der Waals surface area contributed by atoms with Crippen LogP contribution in [0, 0.1) is 29.1 Å². The predicted octanol–water partition coefficient (Wildman–Crippen LogP) is 5.16. The minimum Gasteiger partial charge on any atom is -0.313 e. The molecular formula is C21H15F5N2O3. The lowest BCUT2D eigenvalue weighted by atomic mass is 10.1. The van der Waals surface area contributed by atoms with Crippen molar-refractivity contribution in [2.24, 2.45) is 5.16 Å². The molecule has 0 aliphatic rings. The van der Waals surface area contributed by atoms with Crippen molar-refractivity contribution in [1.29, 1.82) is 0 Å². The third kappa shape index (κ3) is 4.18. The first-order chi connectivity index (χ1) is 14.6. The number of carbonyl (C=O) groups excluding carboxylic acids is 2. The van der Waals surface area contributed by atoms with Gasteiger partial charge in [0.1, 0.15) is 5.56 Å². The maximum absolute atomic E-state index is 13.7. The smallest absolute Gasteiger partial charge is 0.313 e. The van der Waals surface area contributed by atoms with Gasteiger partial charge in [-0.3, -0.25) is 9.36 Å². The highest BCUT2D eigenvalue weighted by Crippen LogP contribution is 2.24. The number of carbonyl (C=O) groups is 2. The van der Waals surface area contributed by atoms with E-state index in [0.29, 0.717) is 6.42 Å². The molecule has 5 nitrogen and oxygen atoms in total. The normalized spacial score (nSPS) is 11.8. The lowest BCUT2D eigenvalue weighted by molar-refractivity contribution is 0.0500. The number of nitrogens with zero attached hydrogens (tertiary/aromatic N) is 2. The molecule has 0 fully saturated rings. The molecule has 162 valence electrons. The molecule has 3 rings (SSSR count). The summed E-state index contributed by atoms with van der Waals surface area (Å²) in [4.78, 5) is 28.0. The maximum atomic E-state index is 13.7. The molecule has 0 spiro atoms. The van der Waals surface area contributed by atoms with Crippen molar-refractivity contribution in [2.45, 2.75) is 26.7 Å². The second-order valence-electron chi connectivity index (χ2n) is 6.71. The van der Waals surface area contributed by atoms with Crippen molar-refractivity contribution >= 4 is 28.5 Å². The molecule has 0 radical (unpaired) electrons. The number of rotatable bonds is 5. The number of para-hydroxylation sites is 1. The van der Waals surface area contributed by atoms with Crippen molar-refractivity contribution in [3.8, 4) is 0 Å². The summed E-state index contributed by atoms with van der Waals surface area (Å²) >= 11 is 0. The van der Waals surface area contributed by atoms with E-state index in [9.17, 15) is 31.5 Å². The molecule has 0 unspecified atom stereocenters. The second-order valence-corrected chi connectivity index (χ2v) is 6.71. The molecule has 0 aliphatic carbocycles. The average Bonchev–Trinajstić information content (AvgIpc) is 3.12. The van der Waals surface area contributed by atoms with E-state index in [2.05, 4.69) is 9.99 Å². The topological polar surface area (TPSA) is 60.7 Å². The lowest BCUT2D eigenvalue weighted by Gasteiger charge is -2.06. The highest BCUT2D eigenvalue weighted by molar-refractivity contribution is 5.94. The molecule has 2 aromatic carbocycles. The first-order valence-corrected chi connectivity index (χ1v) is 8.99. The van der Waals surface area contributed by atoms with E-state index in [4.69, 9.17) is 0 Å². The van der Waals surface area contributed by atoms with Gasteiger partial charge in [-0.25, -0.2) is 26.7 Å². The number of hydrogen-bond donors (Lipinski definition) is 0. The van der Waals surface area contributed by atoms with Gasteiger partial charge in [0.15, 0.2) is 23.3 Å². The Bertz CT molecular complexity index is 1200. The highest BCUT2D eigenvalue weighted by atomic mass is 19.2. The molecule has 31 heavy (non-hydrogen) atoms. The lowest BCUT2D eigenvalue weighted by Crippen LogP contribution is -2.14. The summed E-state index contributed by atoms with van der Waals surface area (Å²) in [6.45, 7) is 2.87. The van der Waals surface area contributed by atoms with Gasteiger partial charge in [-0.1, -0.05) is 23.4 Å². The molecule has 0 bridgehead atoms. The third-order valence-corrected chi connectivity index (χ3v) is 4.59. The predicted molar refractivity (Wildman–Crippen MR) is 101 cm³/mol. The van der Waals surface area contributed by atoms with E-state index in [-0.39, 0.29) is 18.0 Å². The quantitative estimate of drug-likeness (QED) is 0.138. The van der Waals surface area contributed by atoms with Crippen LogP contribution in [0.3, 0.4) is 0 Å². The monoisotopic (exact) mass is 438 g/mol. The standard InChI is InChI=1S/C21H15F5N2O3/c1-10(7-8-12-9-28(11(2)29)14-6-4-3-5-13(12)14)27-31-21(30)15-16(22)18(24)20(26)19(25)17(15)23/h3-6,9H,7-8H2,1-2H3/b27-10+. The van der Waals surface area contributed by atoms with Crippen molar-refractivity contribution < 1.29 is 36.4 Å². The number of halogens is 5. The molecule has 0 saturated carbocycles. The van der Waals surface area contributed by atoms with Gasteiger partial charge in [0.2, 0.25) is 11.7 Å². The molecule has 0 saturated heterocycles. The van der Waals surface area contributed by atoms with Crippen LogP contribution in [0.15, 0.2) is 35.6 Å². The number of aromatic nitrogens is 1. The largest absolute Gasteiger partial charge is 0.371 e. The Morgan fingerprint density at radius 2 is 1.52 bits per heavy atom. The highest BCUT2D eigenvalue weighted by Gasteiger charge is 2.31. The Kier molecular flexibility index (Phi) is 6.19. The minimum atomic E-state index is -2.38. The second kappa shape index (κ2) is 8.66. The summed E-state index contributed by atoms with van der Waals surface area (Å²) < 4.78 is 68.3. The molecule has 1 aromatic heterocycles. The Labute approximate surface area is 172 Å². The molecule has 10 heteroatoms. The van der Waals surface area contributed by atoms with Crippen LogP contribution in [0.2, 0.25) is 0 Å². The molecule has 0 N–H and O–H groups in total. The van der Waals surface area contributed by atoms with Crippen LogP contribution in [-0.4, -0.2) is 22.2 Å². The van der Waals surface area contributed by atoms with Gasteiger partial charge in [0.25, 0.3) is 0 Å². The summed E-state index contributed by atoms with van der Waals surface area (Å²) in [5.74, 6) is -13.5. The summed E-state index contributed by atoms with van der Waals surface area (Å²) in [5, 5.41) is 4.26. The van der Waals surface area contributed by atoms with Crippen LogP contribution in [-0.2, 0) is 11.3 Å². The fraction of sp³-hybridized carbons (Fsp3) is 0.190. The van der Waals surface area contributed by atoms with Crippen molar-refractivity contribution in [3.05, 3.63) is 70.7 Å². The van der Waals surface area contributed by atoms with E-state index in [1.807, 2.05) is 12.1 Å². The van der Waals surface area contributed by atoms with Crippen molar-refractivity contribution in [1.82, 2.24) is 4.57 Å². The zero-order chi connectivity index (χ0) is 22.9. The van der Waals surface area contributed by atoms with E-state index in [0.717, 1.165) is 16.5 Å². The molecule has 0 amide bonds. The average molecular weight is 438 g/mol. The Balaban J connectivity index is 1.76. The van der Waals surface area contributed by atoms with Crippen LogP contribution in [0.4, 0.5) is 22.0 Å². The fourth-order valence-corrected chi connectivity index (χ4v) is 3.02. The molecule has 0 atom stereocenters. The molecule has 1 heterocycles. The number of fused-ring (bicyclic) bond motifs is 1. The van der Waals surface area contributed by atoms with Crippen LogP contribution < -0.4 is 0 Å². The summed E-state index contributed by atoms with van der Waals surface area (Å²) in [6, 6.07) is 7.22. The fourth-order valence-electron chi connectivity index (χ4n) is 3.02. The van der Waals surface area contributed by atoms with Gasteiger partial charge >= 0.3 is 5.97 Å². The SMILES string of the molecule is CC(=O)n1cc(CC/C(C)=N/OC(=O)c2c(F)c(F)c(F)c(F)c2F)c2ccccc21. The molecule has 3 aromatic rings. The van der Waals surface area contributed by atoms with Gasteiger partial charge in [0, 0.05) is 18.5 Å². The van der Waals surface area contributed by atoms with Crippen molar-refractivity contribution in [3.63, 3.8) is 0 Å². The van der Waals surface area contributed by atoms with E-state index in [1.165, 1.54) is 18.4 Å². The van der Waals surface area contributed by atoms with Gasteiger partial charge in [-0.15, -0.1) is 0 Å². The van der Waals surface area contributed by atoms with Gasteiger partial charge in [-0.05, 0) is 31.4 Å². The van der Waals surface area contributed by atoms with E-state index < -0.39 is 40.6 Å². The van der Waals surface area contributed by atoms with Crippen LogP contribution in [0.1, 0.15) is 41.0 Å². The molecule has 0 aliphatic heterocycles. The summed E-state index contributed by atoms with van der Waals surface area (Å²) in [6.07, 6.45) is 2.29. The van der Waals surface area contributed by atoms with E-state index in [1.54, 1.807) is 18.3 Å². The van der Waals surface area contributed by atoms with Crippen molar-refractivity contribution in [2.75, 3.05) is 0 Å². The van der Waals surface area contributed by atoms with Crippen LogP contribution in [0.25, 0.3) is 10.9 Å². The molecular weight excluding hydrogens is 423 g/mol. The summed E-state index contributed by atoms with van der Waals surface area (Å²) in [5.41, 5.74) is 0.0260. The Hall–Kier alpha value is -3.56. The third-order valence-electron chi connectivity index (χ3n) is 4.59. The first kappa shape index (κ1) is 22.1. The van der Waals surface area contributed by atoms with Gasteiger partial charge in [-0.2, -0.15) is 0 Å². The maximum Gasteiger partial charge on any atom is 0.371 e. The van der Waals surface area contributed by atoms with Gasteiger partial charge in [0.05, 0.1) is 11.2 Å². The van der Waals surface area contributed by atoms with Gasteiger partial charge < -0.3 is 4.84 Å². The Morgan fingerprint density at radius 1 is 0.935 bits per heavy atom. The first-order valence-electron chi connectivity index (χ1n) is 8.99. The zero-order valence-corrected chi connectivity index (χ0v) is 16.3.